The molecule has 0 radical (unpaired) electrons. The van der Waals surface area contributed by atoms with Gasteiger partial charge in [0.1, 0.15) is 9.75 Å². The third-order valence-electron chi connectivity index (χ3n) is 7.19. The summed E-state index contributed by atoms with van der Waals surface area (Å²) in [6.45, 7) is 0. The standard InChI is InChI=1S/C28H19Cl5F3N3O3/c29-14-9-13(10-15(30)11-14)21-22(27(21,32)33)24(41)38-18-5-6-20(31)19(12-18)23(40)37-16-1-3-17(4-2-16)39-25(42)26(7-8-26)28(34,35)36/h1-6,9-12,21-22H,7-8H2,(H,37,40)(H,38,41)(H,39,42). The molecular formula is C28H19Cl5F3N3O3. The highest BCUT2D eigenvalue weighted by Crippen LogP contribution is 2.65. The quantitative estimate of drug-likeness (QED) is 0.219. The maximum atomic E-state index is 13.2. The number of nitrogens with one attached hydrogen (secondary N) is 3. The van der Waals surface area contributed by atoms with Crippen LogP contribution in [0.1, 0.15) is 34.7 Å². The fourth-order valence-electron chi connectivity index (χ4n) is 4.67. The molecule has 2 fully saturated rings. The molecule has 2 unspecified atom stereocenters. The Morgan fingerprint density at radius 3 is 1.86 bits per heavy atom. The van der Waals surface area contributed by atoms with Crippen molar-refractivity contribution in [1.29, 1.82) is 0 Å². The highest BCUT2D eigenvalue weighted by Gasteiger charge is 2.69. The molecule has 3 N–H and O–H groups in total. The molecule has 220 valence electrons. The second kappa shape index (κ2) is 11.1. The normalized spacial score (nSPS) is 19.9. The van der Waals surface area contributed by atoms with Gasteiger partial charge in [-0.05, 0) is 79.1 Å². The molecule has 0 spiro atoms. The first-order valence-corrected chi connectivity index (χ1v) is 14.3. The summed E-state index contributed by atoms with van der Waals surface area (Å²) in [5.41, 5.74) is -1.03. The van der Waals surface area contributed by atoms with Gasteiger partial charge >= 0.3 is 6.18 Å². The van der Waals surface area contributed by atoms with Crippen LogP contribution in [0, 0.1) is 11.3 Å². The van der Waals surface area contributed by atoms with Crippen molar-refractivity contribution in [3.8, 4) is 0 Å². The second-order valence-corrected chi connectivity index (χ2v) is 12.8. The Labute approximate surface area is 262 Å². The van der Waals surface area contributed by atoms with Gasteiger partial charge in [-0.25, -0.2) is 0 Å². The van der Waals surface area contributed by atoms with Crippen LogP contribution in [0.3, 0.4) is 0 Å². The second-order valence-electron chi connectivity index (χ2n) is 10.1. The van der Waals surface area contributed by atoms with Crippen LogP contribution in [0.25, 0.3) is 0 Å². The van der Waals surface area contributed by atoms with Crippen molar-refractivity contribution < 1.29 is 27.6 Å². The molecule has 2 saturated carbocycles. The number of alkyl halides is 5. The minimum atomic E-state index is -4.62. The Morgan fingerprint density at radius 2 is 1.31 bits per heavy atom. The minimum Gasteiger partial charge on any atom is -0.326 e. The van der Waals surface area contributed by atoms with Crippen molar-refractivity contribution >= 4 is 92.8 Å². The third-order valence-corrected chi connectivity index (χ3v) is 8.89. The van der Waals surface area contributed by atoms with Crippen LogP contribution < -0.4 is 16.0 Å². The van der Waals surface area contributed by atoms with Crippen LogP contribution in [-0.4, -0.2) is 28.2 Å². The molecule has 2 atom stereocenters. The maximum Gasteiger partial charge on any atom is 0.403 e. The van der Waals surface area contributed by atoms with Crippen molar-refractivity contribution in [3.63, 3.8) is 0 Å². The summed E-state index contributed by atoms with van der Waals surface area (Å²) in [6, 6.07) is 14.6. The van der Waals surface area contributed by atoms with Gasteiger partial charge in [0.05, 0.1) is 16.5 Å². The van der Waals surface area contributed by atoms with E-state index in [1.54, 1.807) is 18.2 Å². The van der Waals surface area contributed by atoms with E-state index in [1.165, 1.54) is 42.5 Å². The van der Waals surface area contributed by atoms with Gasteiger partial charge in [-0.15, -0.1) is 23.2 Å². The molecule has 6 nitrogen and oxygen atoms in total. The molecule has 3 aromatic rings. The Kier molecular flexibility index (Phi) is 8.13. The Bertz CT molecular complexity index is 1570. The molecule has 0 heterocycles. The predicted molar refractivity (Wildman–Crippen MR) is 158 cm³/mol. The maximum absolute atomic E-state index is 13.2. The summed E-state index contributed by atoms with van der Waals surface area (Å²) in [4.78, 5) is 38.2. The Hall–Kier alpha value is -2.69. The zero-order valence-electron chi connectivity index (χ0n) is 21.1. The topological polar surface area (TPSA) is 87.3 Å². The van der Waals surface area contributed by atoms with Crippen LogP contribution in [0.5, 0.6) is 0 Å². The van der Waals surface area contributed by atoms with E-state index < -0.39 is 45.5 Å². The fraction of sp³-hybridized carbons (Fsp3) is 0.250. The largest absolute Gasteiger partial charge is 0.403 e. The summed E-state index contributed by atoms with van der Waals surface area (Å²) in [6.07, 6.45) is -5.14. The van der Waals surface area contributed by atoms with Gasteiger partial charge in [-0.1, -0.05) is 34.8 Å². The zero-order valence-corrected chi connectivity index (χ0v) is 24.9. The van der Waals surface area contributed by atoms with Crippen LogP contribution in [0.4, 0.5) is 30.2 Å². The number of rotatable bonds is 7. The fourth-order valence-corrected chi connectivity index (χ4v) is 6.24. The molecule has 0 aromatic heterocycles. The van der Waals surface area contributed by atoms with E-state index in [2.05, 4.69) is 16.0 Å². The number of amides is 3. The molecule has 0 aliphatic heterocycles. The lowest BCUT2D eigenvalue weighted by atomic mass is 10.1. The van der Waals surface area contributed by atoms with Crippen LogP contribution in [0.2, 0.25) is 15.1 Å². The van der Waals surface area contributed by atoms with Gasteiger partial charge in [-0.3, -0.25) is 14.4 Å². The van der Waals surface area contributed by atoms with Gasteiger partial charge < -0.3 is 16.0 Å². The average molecular weight is 680 g/mol. The first-order valence-electron chi connectivity index (χ1n) is 12.4. The number of carbonyl (C=O) groups excluding carboxylic acids is 3. The minimum absolute atomic E-state index is 0.0321. The molecule has 14 heteroatoms. The smallest absolute Gasteiger partial charge is 0.326 e. The lowest BCUT2D eigenvalue weighted by Gasteiger charge is -2.18. The summed E-state index contributed by atoms with van der Waals surface area (Å²) >= 11 is 31.2. The summed E-state index contributed by atoms with van der Waals surface area (Å²) in [7, 11) is 0. The van der Waals surface area contributed by atoms with E-state index in [9.17, 15) is 27.6 Å². The van der Waals surface area contributed by atoms with Gasteiger partial charge in [-0.2, -0.15) is 13.2 Å². The van der Waals surface area contributed by atoms with Crippen LogP contribution >= 0.6 is 58.0 Å². The molecule has 2 aliphatic rings. The van der Waals surface area contributed by atoms with Crippen molar-refractivity contribution in [1.82, 2.24) is 0 Å². The molecular weight excluding hydrogens is 661 g/mol. The average Bonchev–Trinajstić information content (AvgIpc) is 3.80. The molecule has 0 saturated heterocycles. The van der Waals surface area contributed by atoms with E-state index in [0.29, 0.717) is 15.6 Å². The third kappa shape index (κ3) is 6.03. The van der Waals surface area contributed by atoms with Crippen molar-refractivity contribution in [2.45, 2.75) is 29.3 Å². The van der Waals surface area contributed by atoms with Gasteiger partial charge in [0.25, 0.3) is 5.91 Å². The number of hydrogen-bond acceptors (Lipinski definition) is 3. The predicted octanol–water partition coefficient (Wildman–Crippen LogP) is 8.71. The number of halogens is 8. The molecule has 3 amide bonds. The number of anilines is 3. The lowest BCUT2D eigenvalue weighted by molar-refractivity contribution is -0.189. The molecule has 2 aliphatic carbocycles. The van der Waals surface area contributed by atoms with E-state index in [-0.39, 0.29) is 40.5 Å². The molecule has 0 bridgehead atoms. The first kappa shape index (κ1) is 30.8. The SMILES string of the molecule is O=C(Nc1ccc(NC(=O)C2(C(F)(F)F)CC2)cc1)c1cc(NC(=O)C2C(c3cc(Cl)cc(Cl)c3)C2(Cl)Cl)ccc1Cl. The monoisotopic (exact) mass is 677 g/mol. The first-order chi connectivity index (χ1) is 19.6. The van der Waals surface area contributed by atoms with Crippen LogP contribution in [-0.2, 0) is 9.59 Å². The van der Waals surface area contributed by atoms with Gasteiger partial charge in [0.2, 0.25) is 11.8 Å². The Balaban J connectivity index is 1.23. The van der Waals surface area contributed by atoms with Crippen molar-refractivity contribution in [2.24, 2.45) is 11.3 Å². The number of hydrogen-bond donors (Lipinski definition) is 3. The molecule has 5 rings (SSSR count). The van der Waals surface area contributed by atoms with E-state index in [0.717, 1.165) is 0 Å². The summed E-state index contributed by atoms with van der Waals surface area (Å²) < 4.78 is 38.1. The zero-order chi connectivity index (χ0) is 30.6. The number of carbonyl (C=O) groups is 3. The van der Waals surface area contributed by atoms with Crippen molar-refractivity contribution in [2.75, 3.05) is 16.0 Å². The molecule has 3 aromatic carbocycles. The van der Waals surface area contributed by atoms with E-state index >= 15 is 0 Å². The van der Waals surface area contributed by atoms with Gasteiger partial charge in [0.15, 0.2) is 0 Å². The van der Waals surface area contributed by atoms with E-state index in [1.807, 2.05) is 0 Å². The summed E-state index contributed by atoms with van der Waals surface area (Å²) in [5.74, 6) is -3.63. The van der Waals surface area contributed by atoms with Gasteiger partial charge in [0, 0.05) is 33.0 Å². The van der Waals surface area contributed by atoms with Crippen molar-refractivity contribution in [3.05, 3.63) is 86.9 Å². The summed E-state index contributed by atoms with van der Waals surface area (Å²) in [5, 5.41) is 8.42. The Morgan fingerprint density at radius 1 is 0.762 bits per heavy atom. The van der Waals surface area contributed by atoms with Crippen LogP contribution in [0.15, 0.2) is 60.7 Å². The van der Waals surface area contributed by atoms with E-state index in [4.69, 9.17) is 58.0 Å². The highest BCUT2D eigenvalue weighted by atomic mass is 35.5. The molecule has 42 heavy (non-hydrogen) atoms. The lowest BCUT2D eigenvalue weighted by Crippen LogP contribution is -2.36. The number of benzene rings is 3. The highest BCUT2D eigenvalue weighted by molar-refractivity contribution is 6.53.